The highest BCUT2D eigenvalue weighted by Crippen LogP contribution is 2.18. The second kappa shape index (κ2) is 7.06. The lowest BCUT2D eigenvalue weighted by atomic mass is 9.96. The van der Waals surface area contributed by atoms with Crippen molar-refractivity contribution in [2.75, 3.05) is 19.6 Å². The molecule has 0 spiro atoms. The lowest BCUT2D eigenvalue weighted by Gasteiger charge is -2.32. The van der Waals surface area contributed by atoms with Gasteiger partial charge in [0.15, 0.2) is 0 Å². The van der Waals surface area contributed by atoms with Crippen LogP contribution in [0.25, 0.3) is 0 Å². The van der Waals surface area contributed by atoms with E-state index in [0.717, 1.165) is 19.0 Å². The van der Waals surface area contributed by atoms with E-state index in [2.05, 4.69) is 46.7 Å². The molecule has 2 heterocycles. The maximum absolute atomic E-state index is 4.47. The van der Waals surface area contributed by atoms with Crippen LogP contribution in [-0.4, -0.2) is 40.1 Å². The topological polar surface area (TPSA) is 33.1 Å². The average molecular weight is 264 g/mol. The molecule has 1 fully saturated rings. The van der Waals surface area contributed by atoms with Crippen molar-refractivity contribution in [3.8, 4) is 0 Å². The number of hydrogen-bond donors (Lipinski definition) is 1. The first-order valence-electron chi connectivity index (χ1n) is 7.64. The van der Waals surface area contributed by atoms with Crippen LogP contribution in [0.1, 0.15) is 39.4 Å². The number of likely N-dealkylation sites (tertiary alicyclic amines) is 1. The van der Waals surface area contributed by atoms with Gasteiger partial charge in [0.05, 0.1) is 6.54 Å². The van der Waals surface area contributed by atoms with Gasteiger partial charge >= 0.3 is 0 Å². The van der Waals surface area contributed by atoms with Crippen molar-refractivity contribution in [3.63, 3.8) is 0 Å². The van der Waals surface area contributed by atoms with Gasteiger partial charge in [-0.05, 0) is 45.3 Å². The fourth-order valence-corrected chi connectivity index (χ4v) is 2.73. The summed E-state index contributed by atoms with van der Waals surface area (Å²) in [6.07, 6.45) is 6.62. The first kappa shape index (κ1) is 14.5. The summed E-state index contributed by atoms with van der Waals surface area (Å²) in [6.45, 7) is 12.2. The molecule has 4 nitrogen and oxygen atoms in total. The fourth-order valence-electron chi connectivity index (χ4n) is 2.73. The third-order valence-electron chi connectivity index (χ3n) is 4.03. The second-order valence-corrected chi connectivity index (χ2v) is 5.91. The third-order valence-corrected chi connectivity index (χ3v) is 4.03. The zero-order valence-corrected chi connectivity index (χ0v) is 12.6. The lowest BCUT2D eigenvalue weighted by Crippen LogP contribution is -2.38. The number of imidazole rings is 1. The molecule has 1 N–H and O–H groups in total. The Bertz CT molecular complexity index is 364. The van der Waals surface area contributed by atoms with E-state index >= 15 is 0 Å². The summed E-state index contributed by atoms with van der Waals surface area (Å²) in [5, 5.41) is 3.56. The van der Waals surface area contributed by atoms with E-state index in [1.54, 1.807) is 0 Å². The predicted molar refractivity (Wildman–Crippen MR) is 79.0 cm³/mol. The van der Waals surface area contributed by atoms with Crippen molar-refractivity contribution < 1.29 is 0 Å². The Balaban J connectivity index is 1.74. The van der Waals surface area contributed by atoms with Crippen LogP contribution >= 0.6 is 0 Å². The van der Waals surface area contributed by atoms with Gasteiger partial charge in [-0.3, -0.25) is 4.90 Å². The molecule has 0 atom stereocenters. The molecule has 4 heteroatoms. The molecule has 0 saturated carbocycles. The van der Waals surface area contributed by atoms with Gasteiger partial charge in [0.2, 0.25) is 0 Å². The molecule has 19 heavy (non-hydrogen) atoms. The standard InChI is InChI=1S/C15H28N4/c1-4-19-10-7-16-15(19)12-18-8-5-14(6-9-18)11-17-13(2)3/h7,10,13-14,17H,4-6,8-9,11-12H2,1-3H3. The minimum absolute atomic E-state index is 0.607. The van der Waals surface area contributed by atoms with Crippen molar-refractivity contribution in [3.05, 3.63) is 18.2 Å². The number of rotatable bonds is 6. The van der Waals surface area contributed by atoms with Crippen LogP contribution in [0, 0.1) is 5.92 Å². The van der Waals surface area contributed by atoms with Gasteiger partial charge in [-0.25, -0.2) is 4.98 Å². The van der Waals surface area contributed by atoms with E-state index < -0.39 is 0 Å². The molecule has 2 rings (SSSR count). The summed E-state index contributed by atoms with van der Waals surface area (Å²) in [5.74, 6) is 2.06. The van der Waals surface area contributed by atoms with E-state index in [-0.39, 0.29) is 0 Å². The van der Waals surface area contributed by atoms with Crippen LogP contribution in [0.2, 0.25) is 0 Å². The molecule has 1 saturated heterocycles. The minimum Gasteiger partial charge on any atom is -0.334 e. The Morgan fingerprint density at radius 1 is 1.37 bits per heavy atom. The fraction of sp³-hybridized carbons (Fsp3) is 0.800. The van der Waals surface area contributed by atoms with Crippen molar-refractivity contribution in [1.82, 2.24) is 19.8 Å². The maximum Gasteiger partial charge on any atom is 0.122 e. The van der Waals surface area contributed by atoms with Gasteiger partial charge in [0.1, 0.15) is 5.82 Å². The Labute approximate surface area is 117 Å². The number of nitrogens with one attached hydrogen (secondary N) is 1. The van der Waals surface area contributed by atoms with Gasteiger partial charge in [-0.2, -0.15) is 0 Å². The predicted octanol–water partition coefficient (Wildman–Crippen LogP) is 2.11. The summed E-state index contributed by atoms with van der Waals surface area (Å²) < 4.78 is 2.24. The second-order valence-electron chi connectivity index (χ2n) is 5.91. The molecule has 0 bridgehead atoms. The largest absolute Gasteiger partial charge is 0.334 e. The third kappa shape index (κ3) is 4.32. The van der Waals surface area contributed by atoms with E-state index in [0.29, 0.717) is 6.04 Å². The van der Waals surface area contributed by atoms with Crippen LogP contribution in [0.15, 0.2) is 12.4 Å². The Morgan fingerprint density at radius 2 is 2.11 bits per heavy atom. The number of aromatic nitrogens is 2. The Morgan fingerprint density at radius 3 is 2.74 bits per heavy atom. The van der Waals surface area contributed by atoms with Crippen LogP contribution in [0.4, 0.5) is 0 Å². The zero-order valence-electron chi connectivity index (χ0n) is 12.6. The summed E-state index contributed by atoms with van der Waals surface area (Å²) in [4.78, 5) is 7.01. The van der Waals surface area contributed by atoms with Gasteiger partial charge in [-0.15, -0.1) is 0 Å². The Kier molecular flexibility index (Phi) is 5.40. The molecule has 1 aliphatic rings. The molecule has 0 aromatic carbocycles. The molecule has 0 amide bonds. The molecule has 108 valence electrons. The van der Waals surface area contributed by atoms with E-state index in [1.807, 2.05) is 6.20 Å². The molecule has 0 unspecified atom stereocenters. The SMILES string of the molecule is CCn1ccnc1CN1CCC(CNC(C)C)CC1. The molecule has 1 aliphatic heterocycles. The van der Waals surface area contributed by atoms with Gasteiger partial charge in [-0.1, -0.05) is 13.8 Å². The normalized spacial score (nSPS) is 18.3. The molecule has 1 aromatic rings. The zero-order chi connectivity index (χ0) is 13.7. The number of nitrogens with zero attached hydrogens (tertiary/aromatic N) is 3. The minimum atomic E-state index is 0.607. The summed E-state index contributed by atoms with van der Waals surface area (Å²) in [7, 11) is 0. The van der Waals surface area contributed by atoms with Gasteiger partial charge in [0, 0.05) is 25.0 Å². The highest BCUT2D eigenvalue weighted by molar-refractivity contribution is 4.92. The summed E-state index contributed by atoms with van der Waals surface area (Å²) >= 11 is 0. The highest BCUT2D eigenvalue weighted by atomic mass is 15.2. The quantitative estimate of drug-likeness (QED) is 0.854. The first-order valence-corrected chi connectivity index (χ1v) is 7.64. The van der Waals surface area contributed by atoms with Crippen LogP contribution in [0.5, 0.6) is 0 Å². The molecular weight excluding hydrogens is 236 g/mol. The maximum atomic E-state index is 4.47. The monoisotopic (exact) mass is 264 g/mol. The lowest BCUT2D eigenvalue weighted by molar-refractivity contribution is 0.169. The van der Waals surface area contributed by atoms with Gasteiger partial charge < -0.3 is 9.88 Å². The van der Waals surface area contributed by atoms with Crippen molar-refractivity contribution in [2.24, 2.45) is 5.92 Å². The van der Waals surface area contributed by atoms with Crippen LogP contribution in [-0.2, 0) is 13.1 Å². The molecule has 1 aromatic heterocycles. The van der Waals surface area contributed by atoms with Crippen LogP contribution < -0.4 is 5.32 Å². The highest BCUT2D eigenvalue weighted by Gasteiger charge is 2.20. The number of aryl methyl sites for hydroxylation is 1. The molecule has 0 aliphatic carbocycles. The van der Waals surface area contributed by atoms with Gasteiger partial charge in [0.25, 0.3) is 0 Å². The van der Waals surface area contributed by atoms with Crippen LogP contribution in [0.3, 0.4) is 0 Å². The van der Waals surface area contributed by atoms with Crippen molar-refractivity contribution >= 4 is 0 Å². The molecular formula is C15H28N4. The molecule has 0 radical (unpaired) electrons. The number of hydrogen-bond acceptors (Lipinski definition) is 3. The van der Waals surface area contributed by atoms with E-state index in [4.69, 9.17) is 0 Å². The number of piperidine rings is 1. The summed E-state index contributed by atoms with van der Waals surface area (Å²) in [6, 6.07) is 0.607. The summed E-state index contributed by atoms with van der Waals surface area (Å²) in [5.41, 5.74) is 0. The van der Waals surface area contributed by atoms with E-state index in [9.17, 15) is 0 Å². The Hall–Kier alpha value is -0.870. The van der Waals surface area contributed by atoms with Crippen molar-refractivity contribution in [1.29, 1.82) is 0 Å². The first-order chi connectivity index (χ1) is 9.19. The van der Waals surface area contributed by atoms with E-state index in [1.165, 1.54) is 38.3 Å². The average Bonchev–Trinajstić information content (AvgIpc) is 2.85. The smallest absolute Gasteiger partial charge is 0.122 e. The van der Waals surface area contributed by atoms with Crippen molar-refractivity contribution in [2.45, 2.75) is 52.7 Å².